The molecule has 1 aliphatic rings. The first kappa shape index (κ1) is 26.4. The van der Waals surface area contributed by atoms with Gasteiger partial charge in [-0.1, -0.05) is 35.6 Å². The number of benzene rings is 1. The third kappa shape index (κ3) is 6.63. The summed E-state index contributed by atoms with van der Waals surface area (Å²) < 4.78 is 5.14. The smallest absolute Gasteiger partial charge is 0.350 e. The number of ether oxygens (including phenoxy) is 1. The van der Waals surface area contributed by atoms with Gasteiger partial charge in [0.1, 0.15) is 16.5 Å². The number of hydrogen-bond donors (Lipinski definition) is 4. The molecule has 204 valence electrons. The zero-order valence-corrected chi connectivity index (χ0v) is 22.7. The maximum Gasteiger partial charge on any atom is 0.350 e. The van der Waals surface area contributed by atoms with Crippen LogP contribution in [0.1, 0.15) is 27.9 Å². The van der Waals surface area contributed by atoms with Crippen LogP contribution in [0.2, 0.25) is 0 Å². The summed E-state index contributed by atoms with van der Waals surface area (Å²) in [5.41, 5.74) is 8.96. The molecule has 0 atom stereocenters. The van der Waals surface area contributed by atoms with Crippen LogP contribution in [-0.4, -0.2) is 86.3 Å². The normalized spacial score (nSPS) is 13.9. The van der Waals surface area contributed by atoms with Crippen molar-refractivity contribution in [1.29, 1.82) is 0 Å². The van der Waals surface area contributed by atoms with E-state index in [1.165, 1.54) is 11.3 Å². The van der Waals surface area contributed by atoms with Gasteiger partial charge in [-0.05, 0) is 31.7 Å². The number of esters is 1. The van der Waals surface area contributed by atoms with Gasteiger partial charge in [-0.2, -0.15) is 15.2 Å². The molecule has 1 fully saturated rings. The summed E-state index contributed by atoms with van der Waals surface area (Å²) in [5, 5.41) is 17.8. The predicted octanol–water partition coefficient (Wildman–Crippen LogP) is 2.21. The van der Waals surface area contributed by atoms with E-state index < -0.39 is 0 Å². The fourth-order valence-electron chi connectivity index (χ4n) is 3.98. The van der Waals surface area contributed by atoms with Crippen LogP contribution < -0.4 is 21.1 Å². The van der Waals surface area contributed by atoms with Crippen molar-refractivity contribution in [3.8, 4) is 11.4 Å². The molecule has 3 aromatic heterocycles. The van der Waals surface area contributed by atoms with Gasteiger partial charge in [-0.3, -0.25) is 5.32 Å². The fraction of sp³-hybridized carbons (Fsp3) is 0.375. The number of anilines is 4. The van der Waals surface area contributed by atoms with E-state index in [2.05, 4.69) is 63.6 Å². The third-order valence-electron chi connectivity index (χ3n) is 6.08. The predicted molar refractivity (Wildman–Crippen MR) is 148 cm³/mol. The van der Waals surface area contributed by atoms with Gasteiger partial charge in [0.25, 0.3) is 0 Å². The van der Waals surface area contributed by atoms with Gasteiger partial charge in [0, 0.05) is 44.4 Å². The Morgan fingerprint density at radius 2 is 1.92 bits per heavy atom. The number of nitrogens with zero attached hydrogens (tertiary/aromatic N) is 8. The summed E-state index contributed by atoms with van der Waals surface area (Å²) in [4.78, 5) is 31.1. The molecule has 0 amide bonds. The number of hydrogen-bond acceptors (Lipinski definition) is 14. The molecule has 1 aliphatic heterocycles. The SMILES string of the molecule is CCOC(=O)c1sc(Nc2nc(NNCc3ccc(-c4nn[nH]n4)cc3)cc(N3CCN(C)CC3)n2)nc1C. The first-order valence-electron chi connectivity index (χ1n) is 12.5. The van der Waals surface area contributed by atoms with Crippen molar-refractivity contribution in [2.45, 2.75) is 20.4 Å². The molecular formula is C24H30N12O2S. The number of tetrazole rings is 1. The largest absolute Gasteiger partial charge is 0.462 e. The molecule has 5 rings (SSSR count). The van der Waals surface area contributed by atoms with Crippen molar-refractivity contribution >= 4 is 40.0 Å². The van der Waals surface area contributed by atoms with Gasteiger partial charge in [-0.25, -0.2) is 15.2 Å². The van der Waals surface area contributed by atoms with E-state index >= 15 is 0 Å². The molecule has 0 saturated carbocycles. The van der Waals surface area contributed by atoms with Crippen LogP contribution in [-0.2, 0) is 11.3 Å². The highest BCUT2D eigenvalue weighted by atomic mass is 32.1. The zero-order chi connectivity index (χ0) is 27.2. The number of nitrogens with one attached hydrogen (secondary N) is 4. The average molecular weight is 551 g/mol. The highest BCUT2D eigenvalue weighted by Crippen LogP contribution is 2.27. The summed E-state index contributed by atoms with van der Waals surface area (Å²) in [6.45, 7) is 8.02. The molecule has 0 radical (unpaired) electrons. The van der Waals surface area contributed by atoms with Crippen LogP contribution in [0.15, 0.2) is 30.3 Å². The second-order valence-corrected chi connectivity index (χ2v) is 9.91. The summed E-state index contributed by atoms with van der Waals surface area (Å²) in [6.07, 6.45) is 0. The Bertz CT molecular complexity index is 1380. The molecule has 0 spiro atoms. The lowest BCUT2D eigenvalue weighted by molar-refractivity contribution is 0.0531. The maximum absolute atomic E-state index is 12.2. The van der Waals surface area contributed by atoms with Crippen LogP contribution in [0.4, 0.5) is 22.7 Å². The van der Waals surface area contributed by atoms with Crippen molar-refractivity contribution in [3.05, 3.63) is 46.5 Å². The average Bonchev–Trinajstić information content (AvgIpc) is 3.60. The lowest BCUT2D eigenvalue weighted by Gasteiger charge is -2.33. The molecule has 4 N–H and O–H groups in total. The first-order chi connectivity index (χ1) is 19.0. The molecule has 39 heavy (non-hydrogen) atoms. The van der Waals surface area contributed by atoms with Gasteiger partial charge >= 0.3 is 5.97 Å². The number of piperazine rings is 1. The number of aromatic amines is 1. The van der Waals surface area contributed by atoms with Crippen molar-refractivity contribution in [3.63, 3.8) is 0 Å². The number of aromatic nitrogens is 7. The number of H-pyrrole nitrogens is 1. The topological polar surface area (TPSA) is 162 Å². The van der Waals surface area contributed by atoms with Crippen LogP contribution in [0.3, 0.4) is 0 Å². The molecule has 0 aliphatic carbocycles. The van der Waals surface area contributed by atoms with E-state index in [9.17, 15) is 4.79 Å². The van der Waals surface area contributed by atoms with E-state index in [0.717, 1.165) is 43.1 Å². The summed E-state index contributed by atoms with van der Waals surface area (Å²) >= 11 is 1.22. The Balaban J connectivity index is 1.30. The quantitative estimate of drug-likeness (QED) is 0.168. The Hall–Kier alpha value is -4.21. The van der Waals surface area contributed by atoms with Crippen LogP contribution in [0, 0.1) is 6.92 Å². The Morgan fingerprint density at radius 1 is 1.13 bits per heavy atom. The number of thiazole rings is 1. The Labute approximate surface area is 229 Å². The lowest BCUT2D eigenvalue weighted by Crippen LogP contribution is -2.44. The van der Waals surface area contributed by atoms with Crippen LogP contribution in [0.5, 0.6) is 0 Å². The van der Waals surface area contributed by atoms with E-state index in [-0.39, 0.29) is 5.97 Å². The molecule has 1 saturated heterocycles. The minimum absolute atomic E-state index is 0.306. The Kier molecular flexibility index (Phi) is 8.19. The van der Waals surface area contributed by atoms with Crippen LogP contribution in [0.25, 0.3) is 11.4 Å². The summed E-state index contributed by atoms with van der Waals surface area (Å²) in [5.74, 6) is 1.95. The number of carbonyl (C=O) groups excluding carboxylic acids is 1. The van der Waals surface area contributed by atoms with Gasteiger partial charge < -0.3 is 20.0 Å². The minimum Gasteiger partial charge on any atom is -0.462 e. The summed E-state index contributed by atoms with van der Waals surface area (Å²) in [7, 11) is 2.11. The molecule has 1 aromatic carbocycles. The lowest BCUT2D eigenvalue weighted by atomic mass is 10.1. The molecule has 15 heteroatoms. The number of likely N-dealkylation sites (N-methyl/N-ethyl adjacent to an activating group) is 1. The van der Waals surface area contributed by atoms with Gasteiger partial charge in [-0.15, -0.1) is 10.2 Å². The molecule has 4 aromatic rings. The first-order valence-corrected chi connectivity index (χ1v) is 13.4. The molecular weight excluding hydrogens is 520 g/mol. The van der Waals surface area contributed by atoms with Gasteiger partial charge in [0.05, 0.1) is 12.3 Å². The number of rotatable bonds is 10. The van der Waals surface area contributed by atoms with Crippen molar-refractivity contribution < 1.29 is 9.53 Å². The van der Waals surface area contributed by atoms with E-state index in [0.29, 0.717) is 46.4 Å². The van der Waals surface area contributed by atoms with E-state index in [1.807, 2.05) is 30.3 Å². The fourth-order valence-corrected chi connectivity index (χ4v) is 4.83. The van der Waals surface area contributed by atoms with Gasteiger partial charge in [0.2, 0.25) is 11.8 Å². The van der Waals surface area contributed by atoms with E-state index in [1.54, 1.807) is 13.8 Å². The monoisotopic (exact) mass is 550 g/mol. The highest BCUT2D eigenvalue weighted by Gasteiger charge is 2.20. The molecule has 0 unspecified atom stereocenters. The number of aryl methyl sites for hydroxylation is 1. The van der Waals surface area contributed by atoms with Crippen molar-refractivity contribution in [2.24, 2.45) is 0 Å². The molecule has 14 nitrogen and oxygen atoms in total. The Morgan fingerprint density at radius 3 is 2.64 bits per heavy atom. The second kappa shape index (κ2) is 12.1. The number of carbonyl (C=O) groups is 1. The highest BCUT2D eigenvalue weighted by molar-refractivity contribution is 7.17. The number of hydrazine groups is 1. The summed E-state index contributed by atoms with van der Waals surface area (Å²) in [6, 6.07) is 9.80. The van der Waals surface area contributed by atoms with E-state index in [4.69, 9.17) is 9.72 Å². The zero-order valence-electron chi connectivity index (χ0n) is 21.9. The molecule has 4 heterocycles. The molecule has 0 bridgehead atoms. The standard InChI is InChI=1S/C24H30N12O2S/c1-4-38-22(37)20-15(2)26-24(39-20)29-23-27-18(13-19(28-23)36-11-9-35(3)10-12-36)30-25-14-16-5-7-17(8-6-16)21-31-33-34-32-21/h5-8,13,25H,4,9-12,14H2,1-3H3,(H,31,32,33,34)(H2,26,27,28,29,30). The van der Waals surface area contributed by atoms with Crippen molar-refractivity contribution in [1.82, 2.24) is 45.9 Å². The van der Waals surface area contributed by atoms with Crippen LogP contribution >= 0.6 is 11.3 Å². The maximum atomic E-state index is 12.2. The minimum atomic E-state index is -0.385. The second-order valence-electron chi connectivity index (χ2n) is 8.92. The van der Waals surface area contributed by atoms with Gasteiger partial charge in [0.15, 0.2) is 5.13 Å². The third-order valence-corrected chi connectivity index (χ3v) is 7.14. The van der Waals surface area contributed by atoms with Crippen molar-refractivity contribution in [2.75, 3.05) is 55.5 Å².